The summed E-state index contributed by atoms with van der Waals surface area (Å²) in [5, 5.41) is 36.2. The fourth-order valence-electron chi connectivity index (χ4n) is 1.38. The van der Waals surface area contributed by atoms with Crippen molar-refractivity contribution in [3.8, 4) is 0 Å². The van der Waals surface area contributed by atoms with Crippen LogP contribution in [0.3, 0.4) is 0 Å². The van der Waals surface area contributed by atoms with Crippen LogP contribution in [-0.2, 0) is 4.74 Å². The zero-order chi connectivity index (χ0) is 10.4. The molecule has 1 aliphatic heterocycles. The first-order chi connectivity index (χ1) is 5.70. The lowest BCUT2D eigenvalue weighted by Crippen LogP contribution is -2.62. The fraction of sp³-hybridized carbons (Fsp3) is 1.00. The molecular weight excluding hydrogens is 172 g/mol. The molecule has 0 radical (unpaired) electrons. The molecule has 1 aliphatic rings. The van der Waals surface area contributed by atoms with Crippen molar-refractivity contribution in [1.82, 2.24) is 0 Å². The van der Waals surface area contributed by atoms with E-state index in [0.717, 1.165) is 0 Å². The molecule has 0 amide bonds. The Balaban J connectivity index is 2.94. The van der Waals surface area contributed by atoms with Gasteiger partial charge in [0.1, 0.15) is 35.7 Å². The fourth-order valence-corrected chi connectivity index (χ4v) is 1.38. The van der Waals surface area contributed by atoms with Crippen molar-refractivity contribution < 1.29 is 25.2 Å². The van der Waals surface area contributed by atoms with Crippen LogP contribution >= 0.6 is 0 Å². The zero-order valence-corrected chi connectivity index (χ0v) is 7.93. The molecule has 0 saturated carbocycles. The van der Waals surface area contributed by atoms with Gasteiger partial charge in [-0.2, -0.15) is 0 Å². The van der Waals surface area contributed by atoms with E-state index in [9.17, 15) is 15.3 Å². The van der Waals surface area contributed by atoms with Crippen LogP contribution in [0.2, 0.25) is 0 Å². The van der Waals surface area contributed by atoms with Gasteiger partial charge in [-0.15, -0.1) is 0 Å². The van der Waals surface area contributed by atoms with Gasteiger partial charge in [0.05, 0.1) is 5.50 Å². The van der Waals surface area contributed by atoms with Crippen molar-refractivity contribution in [3.63, 3.8) is 0 Å². The molecule has 4 N–H and O–H groups in total. The summed E-state index contributed by atoms with van der Waals surface area (Å²) < 4.78 is 4.94. The number of hydrogen-bond donors (Lipinski definition) is 4. The standard InChI is InChI=1S/C5H13B3O5/c6-4(5(7,8)12)2(10)1(9)3(11)13-4/h1-3,9-12H,6-8H2. The first kappa shape index (κ1) is 11.1. The summed E-state index contributed by atoms with van der Waals surface area (Å²) in [6.07, 6.45) is -4.13. The van der Waals surface area contributed by atoms with Crippen LogP contribution in [0.1, 0.15) is 0 Å². The van der Waals surface area contributed by atoms with Crippen molar-refractivity contribution in [2.45, 2.75) is 29.4 Å². The quantitative estimate of drug-likeness (QED) is 0.306. The van der Waals surface area contributed by atoms with E-state index in [4.69, 9.17) is 9.84 Å². The normalized spacial score (nSPS) is 46.6. The van der Waals surface area contributed by atoms with E-state index in [2.05, 4.69) is 0 Å². The lowest BCUT2D eigenvalue weighted by atomic mass is 9.48. The highest BCUT2D eigenvalue weighted by atomic mass is 16.7. The minimum atomic E-state index is -1.45. The Morgan fingerprint density at radius 2 is 1.69 bits per heavy atom. The molecule has 4 unspecified atom stereocenters. The molecule has 0 aromatic rings. The molecule has 4 atom stereocenters. The number of ether oxygens (including phenoxy) is 1. The molecule has 72 valence electrons. The molecule has 0 spiro atoms. The lowest BCUT2D eigenvalue weighted by Gasteiger charge is -2.39. The summed E-state index contributed by atoms with van der Waals surface area (Å²) in [6.45, 7) is 0. The van der Waals surface area contributed by atoms with Crippen molar-refractivity contribution >= 4 is 23.5 Å². The molecule has 1 saturated heterocycles. The van der Waals surface area contributed by atoms with E-state index in [0.29, 0.717) is 0 Å². The predicted octanol–water partition coefficient (Wildman–Crippen LogP) is -5.70. The molecule has 0 bridgehead atoms. The van der Waals surface area contributed by atoms with Crippen LogP contribution in [0.25, 0.3) is 0 Å². The Kier molecular flexibility index (Phi) is 2.55. The highest BCUT2D eigenvalue weighted by Gasteiger charge is 2.57. The highest BCUT2D eigenvalue weighted by molar-refractivity contribution is 6.44. The van der Waals surface area contributed by atoms with Gasteiger partial charge in [-0.05, 0) is 0 Å². The van der Waals surface area contributed by atoms with Crippen molar-refractivity contribution in [2.24, 2.45) is 0 Å². The maximum atomic E-state index is 9.68. The number of hydrogen-bond acceptors (Lipinski definition) is 5. The van der Waals surface area contributed by atoms with Gasteiger partial charge in [0.2, 0.25) is 0 Å². The van der Waals surface area contributed by atoms with Crippen LogP contribution in [0.15, 0.2) is 0 Å². The van der Waals surface area contributed by atoms with Gasteiger partial charge in [0.15, 0.2) is 6.29 Å². The average Bonchev–Trinajstić information content (AvgIpc) is 2.15. The summed E-state index contributed by atoms with van der Waals surface area (Å²) in [4.78, 5) is 0. The Morgan fingerprint density at radius 1 is 1.23 bits per heavy atom. The van der Waals surface area contributed by atoms with E-state index >= 15 is 0 Å². The zero-order valence-electron chi connectivity index (χ0n) is 7.93. The van der Waals surface area contributed by atoms with Gasteiger partial charge >= 0.3 is 0 Å². The molecule has 5 nitrogen and oxygen atoms in total. The largest absolute Gasteiger partial charge is 0.405 e. The SMILES string of the molecule is BC(B)(O)C1(B)OC(O)C(O)C1O. The second-order valence-electron chi connectivity index (χ2n) is 4.11. The summed E-state index contributed by atoms with van der Waals surface area (Å²) in [5.41, 5.74) is -1.36. The predicted molar refractivity (Wildman–Crippen MR) is 52.4 cm³/mol. The van der Waals surface area contributed by atoms with E-state index in [1.165, 1.54) is 23.5 Å². The molecular formula is C5H13B3O5. The summed E-state index contributed by atoms with van der Waals surface area (Å²) in [5.74, 6) is 0. The molecule has 1 fully saturated rings. The highest BCUT2D eigenvalue weighted by Crippen LogP contribution is 2.33. The monoisotopic (exact) mass is 186 g/mol. The van der Waals surface area contributed by atoms with Crippen LogP contribution in [-0.4, -0.2) is 73.4 Å². The molecule has 8 heteroatoms. The molecule has 0 aliphatic carbocycles. The van der Waals surface area contributed by atoms with Crippen molar-refractivity contribution in [2.75, 3.05) is 0 Å². The van der Waals surface area contributed by atoms with Crippen LogP contribution in [0, 0.1) is 0 Å². The summed E-state index contributed by atoms with van der Waals surface area (Å²) in [6, 6.07) is 0. The first-order valence-electron chi connectivity index (χ1n) is 4.14. The lowest BCUT2D eigenvalue weighted by molar-refractivity contribution is -0.157. The third kappa shape index (κ3) is 1.53. The minimum Gasteiger partial charge on any atom is -0.405 e. The summed E-state index contributed by atoms with van der Waals surface area (Å²) in [7, 11) is 4.33. The Bertz CT molecular complexity index is 207. The topological polar surface area (TPSA) is 90.2 Å². The van der Waals surface area contributed by atoms with Crippen LogP contribution < -0.4 is 0 Å². The molecule has 0 aromatic carbocycles. The maximum Gasteiger partial charge on any atom is 0.183 e. The third-order valence-electron chi connectivity index (χ3n) is 2.76. The Morgan fingerprint density at radius 3 is 1.85 bits per heavy atom. The Labute approximate surface area is 78.9 Å². The molecule has 1 rings (SSSR count). The van der Waals surface area contributed by atoms with E-state index in [1.54, 1.807) is 0 Å². The van der Waals surface area contributed by atoms with Crippen LogP contribution in [0.4, 0.5) is 0 Å². The van der Waals surface area contributed by atoms with Gasteiger partial charge in [0.25, 0.3) is 0 Å². The molecule has 0 aromatic heterocycles. The van der Waals surface area contributed by atoms with Crippen molar-refractivity contribution in [3.05, 3.63) is 0 Å². The van der Waals surface area contributed by atoms with Gasteiger partial charge in [0, 0.05) is 5.40 Å². The van der Waals surface area contributed by atoms with Gasteiger partial charge in [-0.1, -0.05) is 0 Å². The van der Waals surface area contributed by atoms with Gasteiger partial charge in [-0.3, -0.25) is 0 Å². The van der Waals surface area contributed by atoms with E-state index in [-0.39, 0.29) is 0 Å². The summed E-state index contributed by atoms with van der Waals surface area (Å²) >= 11 is 0. The van der Waals surface area contributed by atoms with Crippen molar-refractivity contribution in [1.29, 1.82) is 0 Å². The second-order valence-corrected chi connectivity index (χ2v) is 4.11. The number of aliphatic hydroxyl groups is 4. The van der Waals surface area contributed by atoms with Gasteiger partial charge < -0.3 is 25.2 Å². The van der Waals surface area contributed by atoms with E-state index in [1.807, 2.05) is 0 Å². The van der Waals surface area contributed by atoms with E-state index < -0.39 is 29.4 Å². The molecule has 1 heterocycles. The average molecular weight is 186 g/mol. The Hall–Kier alpha value is -0.00519. The molecule has 13 heavy (non-hydrogen) atoms. The second kappa shape index (κ2) is 3.00. The maximum absolute atomic E-state index is 9.68. The smallest absolute Gasteiger partial charge is 0.183 e. The van der Waals surface area contributed by atoms with Crippen LogP contribution in [0.5, 0.6) is 0 Å². The number of rotatable bonds is 1. The number of aliphatic hydroxyl groups excluding tert-OH is 3. The van der Waals surface area contributed by atoms with Gasteiger partial charge in [-0.25, -0.2) is 0 Å². The minimum absolute atomic E-state index is 1.30. The third-order valence-corrected chi connectivity index (χ3v) is 2.76. The first-order valence-corrected chi connectivity index (χ1v) is 4.14.